The lowest BCUT2D eigenvalue weighted by Gasteiger charge is -2.33. The molecule has 1 fully saturated rings. The molecule has 0 radical (unpaired) electrons. The van der Waals surface area contributed by atoms with Gasteiger partial charge in [0.05, 0.1) is 13.2 Å². The maximum Gasteiger partial charge on any atom is 0.236 e. The molecule has 1 aliphatic rings. The van der Waals surface area contributed by atoms with Gasteiger partial charge in [-0.15, -0.1) is 0 Å². The van der Waals surface area contributed by atoms with Crippen molar-refractivity contribution in [3.05, 3.63) is 29.8 Å². The number of benzene rings is 1. The predicted octanol–water partition coefficient (Wildman–Crippen LogP) is 1.14. The van der Waals surface area contributed by atoms with E-state index in [2.05, 4.69) is 10.2 Å². The topological polar surface area (TPSA) is 55.8 Å². The normalized spacial score (nSPS) is 16.7. The summed E-state index contributed by atoms with van der Waals surface area (Å²) >= 11 is 0. The third kappa shape index (κ3) is 4.44. The molecule has 5 nitrogen and oxygen atoms in total. The zero-order valence-electron chi connectivity index (χ0n) is 12.9. The van der Waals surface area contributed by atoms with Crippen LogP contribution in [0.2, 0.25) is 0 Å². The Morgan fingerprint density at radius 1 is 1.33 bits per heavy atom. The molecule has 0 atom stereocenters. The van der Waals surface area contributed by atoms with Crippen LogP contribution in [0.4, 0.5) is 5.69 Å². The monoisotopic (exact) mass is 291 g/mol. The fraction of sp³-hybridized carbons (Fsp3) is 0.562. The number of likely N-dealkylation sites (N-methyl/N-ethyl adjacent to an activating group) is 1. The number of nitrogens with one attached hydrogen (secondary N) is 1. The minimum atomic E-state index is 0.0549. The highest BCUT2D eigenvalue weighted by atomic mass is 16.3. The highest BCUT2D eigenvalue weighted by Crippen LogP contribution is 2.20. The van der Waals surface area contributed by atoms with Gasteiger partial charge in [0.25, 0.3) is 0 Å². The zero-order chi connectivity index (χ0) is 15.2. The van der Waals surface area contributed by atoms with Crippen LogP contribution in [-0.4, -0.2) is 60.6 Å². The third-order valence-corrected chi connectivity index (χ3v) is 3.99. The predicted molar refractivity (Wildman–Crippen MR) is 84.1 cm³/mol. The average Bonchev–Trinajstić information content (AvgIpc) is 2.49. The fourth-order valence-corrected chi connectivity index (χ4v) is 2.59. The number of piperidine rings is 1. The molecular weight excluding hydrogens is 266 g/mol. The van der Waals surface area contributed by atoms with Crippen molar-refractivity contribution in [2.45, 2.75) is 25.5 Å². The minimum absolute atomic E-state index is 0.0549. The molecule has 0 bridgehead atoms. The molecule has 2 rings (SSSR count). The Kier molecular flexibility index (Phi) is 5.59. The Morgan fingerprint density at radius 3 is 2.62 bits per heavy atom. The van der Waals surface area contributed by atoms with E-state index in [0.717, 1.165) is 37.2 Å². The van der Waals surface area contributed by atoms with Gasteiger partial charge in [0.1, 0.15) is 0 Å². The van der Waals surface area contributed by atoms with Crippen molar-refractivity contribution < 1.29 is 9.90 Å². The number of carbonyl (C=O) groups is 1. The highest BCUT2D eigenvalue weighted by Gasteiger charge is 2.21. The lowest BCUT2D eigenvalue weighted by atomic mass is 10.0. The van der Waals surface area contributed by atoms with Crippen LogP contribution >= 0.6 is 0 Å². The molecule has 0 aromatic heterocycles. The van der Waals surface area contributed by atoms with Gasteiger partial charge in [-0.3, -0.25) is 9.69 Å². The second-order valence-corrected chi connectivity index (χ2v) is 5.80. The molecule has 0 aliphatic carbocycles. The number of nitrogens with zero attached hydrogens (tertiary/aromatic N) is 2. The van der Waals surface area contributed by atoms with Crippen molar-refractivity contribution in [2.75, 3.05) is 39.0 Å². The lowest BCUT2D eigenvalue weighted by Crippen LogP contribution is -2.44. The molecule has 5 heteroatoms. The van der Waals surface area contributed by atoms with Crippen LogP contribution in [-0.2, 0) is 11.4 Å². The standard InChI is InChI=1S/C16H25N3O2/c1-18(2)16(21)11-19-9-7-14(8-10-19)17-15-6-4-3-5-13(15)12-20/h3-6,14,17,20H,7-12H2,1-2H3. The largest absolute Gasteiger partial charge is 0.392 e. The number of aliphatic hydroxyl groups is 1. The summed E-state index contributed by atoms with van der Waals surface area (Å²) in [6.45, 7) is 2.42. The SMILES string of the molecule is CN(C)C(=O)CN1CCC(Nc2ccccc2CO)CC1. The summed E-state index contributed by atoms with van der Waals surface area (Å²) in [5, 5.41) is 12.9. The van der Waals surface area contributed by atoms with Gasteiger partial charge in [-0.2, -0.15) is 0 Å². The van der Waals surface area contributed by atoms with Crippen LogP contribution < -0.4 is 5.32 Å². The van der Waals surface area contributed by atoms with Crippen LogP contribution in [0.25, 0.3) is 0 Å². The first kappa shape index (κ1) is 15.8. The molecule has 1 aliphatic heterocycles. The molecule has 1 aromatic rings. The van der Waals surface area contributed by atoms with Crippen LogP contribution in [0.1, 0.15) is 18.4 Å². The minimum Gasteiger partial charge on any atom is -0.392 e. The smallest absolute Gasteiger partial charge is 0.236 e. The van der Waals surface area contributed by atoms with Gasteiger partial charge in [-0.05, 0) is 18.9 Å². The van der Waals surface area contributed by atoms with E-state index in [-0.39, 0.29) is 12.5 Å². The summed E-state index contributed by atoms with van der Waals surface area (Å²) in [5.41, 5.74) is 1.95. The summed E-state index contributed by atoms with van der Waals surface area (Å²) in [6.07, 6.45) is 2.03. The second-order valence-electron chi connectivity index (χ2n) is 5.80. The maximum atomic E-state index is 11.7. The Hall–Kier alpha value is -1.59. The van der Waals surface area contributed by atoms with Gasteiger partial charge >= 0.3 is 0 Å². The first-order chi connectivity index (χ1) is 10.1. The number of carbonyl (C=O) groups excluding carboxylic acids is 1. The summed E-state index contributed by atoms with van der Waals surface area (Å²) in [4.78, 5) is 15.6. The molecule has 21 heavy (non-hydrogen) atoms. The molecule has 2 N–H and O–H groups in total. The van der Waals surface area contributed by atoms with Gasteiger partial charge in [-0.1, -0.05) is 18.2 Å². The molecule has 1 saturated heterocycles. The van der Waals surface area contributed by atoms with Crippen molar-refractivity contribution in [2.24, 2.45) is 0 Å². The number of hydrogen-bond acceptors (Lipinski definition) is 4. The van der Waals surface area contributed by atoms with Crippen LogP contribution in [0.15, 0.2) is 24.3 Å². The Balaban J connectivity index is 1.83. The van der Waals surface area contributed by atoms with Crippen LogP contribution in [0, 0.1) is 0 Å². The van der Waals surface area contributed by atoms with E-state index < -0.39 is 0 Å². The van der Waals surface area contributed by atoms with E-state index in [0.29, 0.717) is 12.6 Å². The van der Waals surface area contributed by atoms with Crippen molar-refractivity contribution in [1.29, 1.82) is 0 Å². The Morgan fingerprint density at radius 2 is 2.00 bits per heavy atom. The number of rotatable bonds is 5. The molecule has 0 unspecified atom stereocenters. The van der Waals surface area contributed by atoms with E-state index in [4.69, 9.17) is 0 Å². The van der Waals surface area contributed by atoms with Crippen molar-refractivity contribution in [3.63, 3.8) is 0 Å². The van der Waals surface area contributed by atoms with Crippen LogP contribution in [0.3, 0.4) is 0 Å². The molecule has 1 aromatic carbocycles. The van der Waals surface area contributed by atoms with Gasteiger partial charge in [0.2, 0.25) is 5.91 Å². The second kappa shape index (κ2) is 7.43. The van der Waals surface area contributed by atoms with E-state index in [1.807, 2.05) is 24.3 Å². The van der Waals surface area contributed by atoms with E-state index in [1.54, 1.807) is 19.0 Å². The first-order valence-electron chi connectivity index (χ1n) is 7.48. The number of likely N-dealkylation sites (tertiary alicyclic amines) is 1. The summed E-state index contributed by atoms with van der Waals surface area (Å²) < 4.78 is 0. The third-order valence-electron chi connectivity index (χ3n) is 3.99. The zero-order valence-corrected chi connectivity index (χ0v) is 12.9. The number of aliphatic hydroxyl groups excluding tert-OH is 1. The highest BCUT2D eigenvalue weighted by molar-refractivity contribution is 5.77. The summed E-state index contributed by atoms with van der Waals surface area (Å²) in [5.74, 6) is 0.159. The van der Waals surface area contributed by atoms with E-state index in [1.165, 1.54) is 0 Å². The Bertz CT molecular complexity index is 468. The molecule has 1 amide bonds. The van der Waals surface area contributed by atoms with Gasteiger partial charge in [0, 0.05) is 44.5 Å². The number of hydrogen-bond donors (Lipinski definition) is 2. The molecule has 0 saturated carbocycles. The van der Waals surface area contributed by atoms with E-state index >= 15 is 0 Å². The summed E-state index contributed by atoms with van der Waals surface area (Å²) in [6, 6.07) is 8.27. The first-order valence-corrected chi connectivity index (χ1v) is 7.48. The van der Waals surface area contributed by atoms with Crippen molar-refractivity contribution >= 4 is 11.6 Å². The van der Waals surface area contributed by atoms with Crippen molar-refractivity contribution in [3.8, 4) is 0 Å². The molecular formula is C16H25N3O2. The van der Waals surface area contributed by atoms with E-state index in [9.17, 15) is 9.90 Å². The maximum absolute atomic E-state index is 11.7. The molecule has 0 spiro atoms. The Labute approximate surface area is 126 Å². The van der Waals surface area contributed by atoms with Crippen molar-refractivity contribution in [1.82, 2.24) is 9.80 Å². The number of anilines is 1. The quantitative estimate of drug-likeness (QED) is 0.854. The lowest BCUT2D eigenvalue weighted by molar-refractivity contribution is -0.130. The summed E-state index contributed by atoms with van der Waals surface area (Å²) in [7, 11) is 3.59. The number of amides is 1. The number of para-hydroxylation sites is 1. The molecule has 1 heterocycles. The van der Waals surface area contributed by atoms with Crippen LogP contribution in [0.5, 0.6) is 0 Å². The average molecular weight is 291 g/mol. The fourth-order valence-electron chi connectivity index (χ4n) is 2.59. The van der Waals surface area contributed by atoms with Gasteiger partial charge in [0.15, 0.2) is 0 Å². The van der Waals surface area contributed by atoms with Gasteiger partial charge in [-0.25, -0.2) is 0 Å². The molecule has 116 valence electrons. The van der Waals surface area contributed by atoms with Gasteiger partial charge < -0.3 is 15.3 Å².